The summed E-state index contributed by atoms with van der Waals surface area (Å²) in [5, 5.41) is 9.24. The van der Waals surface area contributed by atoms with Gasteiger partial charge in [-0.3, -0.25) is 0 Å². The van der Waals surface area contributed by atoms with E-state index in [1.165, 1.54) is 19.3 Å². The molecule has 0 bridgehead atoms. The lowest BCUT2D eigenvalue weighted by Gasteiger charge is -2.34. The van der Waals surface area contributed by atoms with Crippen LogP contribution in [-0.2, 0) is 4.74 Å². The Balaban J connectivity index is 1.21. The van der Waals surface area contributed by atoms with Crippen LogP contribution in [0.2, 0.25) is 0 Å². The van der Waals surface area contributed by atoms with Gasteiger partial charge in [0.1, 0.15) is 11.4 Å². The fourth-order valence-electron chi connectivity index (χ4n) is 5.66. The number of aryl methyl sites for hydroxylation is 1. The van der Waals surface area contributed by atoms with E-state index in [9.17, 15) is 4.79 Å². The number of hydrogen-bond acceptors (Lipinski definition) is 8. The van der Waals surface area contributed by atoms with Crippen molar-refractivity contribution >= 4 is 28.5 Å². The predicted octanol–water partition coefficient (Wildman–Crippen LogP) is 7.82. The number of amides is 1. The molecule has 230 valence electrons. The number of carbonyl (C=O) groups excluding carboxylic acids is 1. The lowest BCUT2D eigenvalue weighted by atomic mass is 10.0. The first-order chi connectivity index (χ1) is 21.2. The van der Waals surface area contributed by atoms with E-state index >= 15 is 0 Å². The van der Waals surface area contributed by atoms with Crippen molar-refractivity contribution < 1.29 is 14.3 Å². The minimum Gasteiger partial charge on any atom is -0.444 e. The summed E-state index contributed by atoms with van der Waals surface area (Å²) >= 11 is 0. The second-order valence-electron chi connectivity index (χ2n) is 12.9. The number of piperidine rings is 1. The molecule has 2 aliphatic rings. The maximum Gasteiger partial charge on any atom is 0.410 e. The fourth-order valence-corrected chi connectivity index (χ4v) is 5.66. The number of ether oxygens (including phenoxy) is 2. The van der Waals surface area contributed by atoms with E-state index in [0.29, 0.717) is 30.6 Å². The summed E-state index contributed by atoms with van der Waals surface area (Å²) in [6.45, 7) is 9.88. The molecule has 2 aromatic heterocycles. The summed E-state index contributed by atoms with van der Waals surface area (Å²) < 4.78 is 12.2. The van der Waals surface area contributed by atoms with Crippen LogP contribution in [0.1, 0.15) is 58.4 Å². The van der Waals surface area contributed by atoms with Crippen molar-refractivity contribution in [2.75, 3.05) is 30.3 Å². The molecule has 9 heteroatoms. The highest BCUT2D eigenvalue weighted by atomic mass is 16.6. The van der Waals surface area contributed by atoms with Gasteiger partial charge in [0.25, 0.3) is 0 Å². The van der Waals surface area contributed by atoms with Gasteiger partial charge in [0, 0.05) is 54.5 Å². The zero-order valence-corrected chi connectivity index (χ0v) is 26.1. The molecule has 2 N–H and O–H groups in total. The van der Waals surface area contributed by atoms with E-state index in [1.54, 1.807) is 17.3 Å². The number of hydrogen-bond donors (Lipinski definition) is 2. The number of fused-ring (bicyclic) bond motifs is 1. The highest BCUT2D eigenvalue weighted by Gasteiger charge is 2.28. The molecule has 1 aliphatic carbocycles. The van der Waals surface area contributed by atoms with Gasteiger partial charge in [-0.15, -0.1) is 0 Å². The van der Waals surface area contributed by atoms with Gasteiger partial charge >= 0.3 is 6.09 Å². The summed E-state index contributed by atoms with van der Waals surface area (Å²) in [7, 11) is 0. The lowest BCUT2D eigenvalue weighted by molar-refractivity contribution is 0.0206. The minimum atomic E-state index is -0.530. The first-order valence-electron chi connectivity index (χ1n) is 15.7. The van der Waals surface area contributed by atoms with Crippen LogP contribution in [0.4, 0.5) is 16.4 Å². The van der Waals surface area contributed by atoms with Crippen molar-refractivity contribution in [2.45, 2.75) is 71.4 Å². The number of nitrogens with zero attached hydrogens (tertiary/aromatic N) is 4. The van der Waals surface area contributed by atoms with E-state index < -0.39 is 5.60 Å². The Labute approximate surface area is 259 Å². The van der Waals surface area contributed by atoms with Crippen LogP contribution in [-0.4, -0.2) is 57.2 Å². The Kier molecular flexibility index (Phi) is 8.55. The third kappa shape index (κ3) is 7.21. The van der Waals surface area contributed by atoms with E-state index in [0.717, 1.165) is 58.6 Å². The fraction of sp³-hybridized carbons (Fsp3) is 0.429. The maximum atomic E-state index is 12.7. The van der Waals surface area contributed by atoms with Crippen molar-refractivity contribution in [3.05, 3.63) is 66.5 Å². The van der Waals surface area contributed by atoms with Crippen molar-refractivity contribution in [1.29, 1.82) is 0 Å². The first kappa shape index (κ1) is 29.7. The molecule has 1 saturated carbocycles. The Morgan fingerprint density at radius 2 is 1.86 bits per heavy atom. The zero-order valence-electron chi connectivity index (χ0n) is 26.1. The van der Waals surface area contributed by atoms with Crippen LogP contribution in [0.15, 0.2) is 60.9 Å². The summed E-state index contributed by atoms with van der Waals surface area (Å²) in [6.07, 6.45) is 8.89. The summed E-state index contributed by atoms with van der Waals surface area (Å²) in [4.78, 5) is 28.3. The largest absolute Gasteiger partial charge is 0.444 e. The van der Waals surface area contributed by atoms with E-state index in [2.05, 4.69) is 57.9 Å². The smallest absolute Gasteiger partial charge is 0.410 e. The van der Waals surface area contributed by atoms with Crippen molar-refractivity contribution in [2.24, 2.45) is 5.92 Å². The van der Waals surface area contributed by atoms with Gasteiger partial charge in [0.2, 0.25) is 11.8 Å². The molecule has 1 atom stereocenters. The van der Waals surface area contributed by atoms with Crippen LogP contribution in [0.5, 0.6) is 11.6 Å². The number of nitrogens with one attached hydrogen (secondary N) is 2. The van der Waals surface area contributed by atoms with Crippen molar-refractivity contribution in [3.8, 4) is 22.9 Å². The normalized spacial score (nSPS) is 16.9. The number of benzene rings is 2. The average molecular weight is 595 g/mol. The molecule has 6 rings (SSSR count). The lowest BCUT2D eigenvalue weighted by Crippen LogP contribution is -2.47. The maximum absolute atomic E-state index is 12.7. The van der Waals surface area contributed by atoms with Crippen molar-refractivity contribution in [3.63, 3.8) is 0 Å². The molecular formula is C35H42N6O3. The molecule has 9 nitrogen and oxygen atoms in total. The Hall–Kier alpha value is -4.40. The molecule has 2 fully saturated rings. The molecule has 4 aromatic rings. The molecule has 44 heavy (non-hydrogen) atoms. The van der Waals surface area contributed by atoms with Crippen LogP contribution >= 0.6 is 0 Å². The SMILES string of the molecule is Cc1ccc2c(NCCC3CC3)cccc2c1Oc1ncccc1-c1ccnc(N[C@H]2CCCN(C(=O)OC(C)(C)C)C2)n1. The molecule has 0 unspecified atom stereocenters. The van der Waals surface area contributed by atoms with Gasteiger partial charge in [0.15, 0.2) is 0 Å². The quantitative estimate of drug-likeness (QED) is 0.202. The summed E-state index contributed by atoms with van der Waals surface area (Å²) in [5.41, 5.74) is 3.09. The van der Waals surface area contributed by atoms with Gasteiger partial charge in [-0.05, 0) is 82.7 Å². The number of anilines is 2. The Bertz CT molecular complexity index is 1630. The van der Waals surface area contributed by atoms with Crippen LogP contribution < -0.4 is 15.4 Å². The third-order valence-electron chi connectivity index (χ3n) is 8.08. The molecule has 0 radical (unpaired) electrons. The molecular weight excluding hydrogens is 552 g/mol. The van der Waals surface area contributed by atoms with E-state index in [1.807, 2.05) is 39.0 Å². The standard InChI is InChI=1S/C35H42N6O3/c1-23-12-15-26-27(9-5-11-29(26)36-19-16-24-13-14-24)31(23)43-32-28(10-6-18-37-32)30-17-20-38-33(40-30)39-25-8-7-21-41(22-25)34(42)44-35(2,3)4/h5-6,9-12,15,17-18,20,24-25,36H,7-8,13-14,16,19,21-22H2,1-4H3,(H,38,39,40)/t25-/m0/s1. The van der Waals surface area contributed by atoms with Gasteiger partial charge in [-0.25, -0.2) is 19.7 Å². The molecule has 1 saturated heterocycles. The second kappa shape index (κ2) is 12.7. The third-order valence-corrected chi connectivity index (χ3v) is 8.08. The summed E-state index contributed by atoms with van der Waals surface area (Å²) in [6, 6.07) is 16.3. The molecule has 1 aliphatic heterocycles. The van der Waals surface area contributed by atoms with Gasteiger partial charge in [-0.2, -0.15) is 0 Å². The molecule has 3 heterocycles. The number of aromatic nitrogens is 3. The number of rotatable bonds is 9. The van der Waals surface area contributed by atoms with Gasteiger partial charge in [-0.1, -0.05) is 37.1 Å². The average Bonchev–Trinajstić information content (AvgIpc) is 3.83. The zero-order chi connectivity index (χ0) is 30.7. The van der Waals surface area contributed by atoms with Gasteiger partial charge in [0.05, 0.1) is 11.3 Å². The molecule has 2 aromatic carbocycles. The highest BCUT2D eigenvalue weighted by Crippen LogP contribution is 2.39. The van der Waals surface area contributed by atoms with Crippen LogP contribution in [0.25, 0.3) is 22.0 Å². The summed E-state index contributed by atoms with van der Waals surface area (Å²) in [5.74, 6) is 2.64. The van der Waals surface area contributed by atoms with Crippen LogP contribution in [0, 0.1) is 12.8 Å². The number of pyridine rings is 1. The molecule has 0 spiro atoms. The Morgan fingerprint density at radius 1 is 1.00 bits per heavy atom. The topological polar surface area (TPSA) is 102 Å². The predicted molar refractivity (Wildman–Crippen MR) is 174 cm³/mol. The monoisotopic (exact) mass is 594 g/mol. The van der Waals surface area contributed by atoms with E-state index in [4.69, 9.17) is 14.5 Å². The van der Waals surface area contributed by atoms with Gasteiger partial charge < -0.3 is 25.0 Å². The molecule has 1 amide bonds. The first-order valence-corrected chi connectivity index (χ1v) is 15.7. The van der Waals surface area contributed by atoms with E-state index in [-0.39, 0.29) is 12.1 Å². The number of likely N-dealkylation sites (tertiary alicyclic amines) is 1. The van der Waals surface area contributed by atoms with Crippen molar-refractivity contribution in [1.82, 2.24) is 19.9 Å². The second-order valence-corrected chi connectivity index (χ2v) is 12.9. The minimum absolute atomic E-state index is 0.0153. The highest BCUT2D eigenvalue weighted by molar-refractivity contribution is 5.98. The van der Waals surface area contributed by atoms with Crippen LogP contribution in [0.3, 0.4) is 0 Å². The Morgan fingerprint density at radius 3 is 2.68 bits per heavy atom. The number of carbonyl (C=O) groups is 1.